The van der Waals surface area contributed by atoms with Crippen LogP contribution in [0.4, 0.5) is 16.2 Å². The van der Waals surface area contributed by atoms with Gasteiger partial charge in [-0.05, 0) is 41.5 Å². The van der Waals surface area contributed by atoms with Gasteiger partial charge in [-0.3, -0.25) is 0 Å². The van der Waals surface area contributed by atoms with Crippen molar-refractivity contribution in [3.8, 4) is 0 Å². The third-order valence-corrected chi connectivity index (χ3v) is 4.85. The quantitative estimate of drug-likeness (QED) is 0.438. The Hall–Kier alpha value is -3.64. The molecule has 0 aliphatic heterocycles. The van der Waals surface area contributed by atoms with E-state index in [0.29, 0.717) is 6.61 Å². The molecule has 0 saturated heterocycles. The van der Waals surface area contributed by atoms with E-state index < -0.39 is 6.09 Å². The summed E-state index contributed by atoms with van der Waals surface area (Å²) in [6, 6.07) is 22.1. The van der Waals surface area contributed by atoms with Gasteiger partial charge in [0.1, 0.15) is 6.61 Å². The van der Waals surface area contributed by atoms with Crippen LogP contribution in [0.1, 0.15) is 11.1 Å². The lowest BCUT2D eigenvalue weighted by Gasteiger charge is -2.15. The molecule has 0 atom stereocenters. The van der Waals surface area contributed by atoms with Crippen LogP contribution in [0.2, 0.25) is 0 Å². The summed E-state index contributed by atoms with van der Waals surface area (Å²) in [6.45, 7) is 0.768. The van der Waals surface area contributed by atoms with Gasteiger partial charge in [-0.1, -0.05) is 36.4 Å². The number of aromatic nitrogens is 1. The van der Waals surface area contributed by atoms with Gasteiger partial charge in [0.05, 0.1) is 23.3 Å². The first kappa shape index (κ1) is 19.7. The molecular weight excluding hydrogens is 378 g/mol. The van der Waals surface area contributed by atoms with E-state index in [-0.39, 0.29) is 6.61 Å². The Labute approximate surface area is 174 Å². The molecule has 0 bridgehead atoms. The van der Waals surface area contributed by atoms with Crippen molar-refractivity contribution in [1.82, 2.24) is 10.3 Å². The molecule has 4 rings (SSSR count). The minimum atomic E-state index is -0.446. The number of pyridine rings is 1. The zero-order valence-corrected chi connectivity index (χ0v) is 16.9. The summed E-state index contributed by atoms with van der Waals surface area (Å²) >= 11 is 0. The number of nitrogens with zero attached hydrogens (tertiary/aromatic N) is 1. The van der Waals surface area contributed by atoms with Crippen LogP contribution in [0.3, 0.4) is 0 Å². The Morgan fingerprint density at radius 1 is 0.900 bits per heavy atom. The van der Waals surface area contributed by atoms with Gasteiger partial charge in [0, 0.05) is 30.6 Å². The molecule has 0 unspecified atom stereocenters. The van der Waals surface area contributed by atoms with Crippen molar-refractivity contribution in [3.63, 3.8) is 0 Å². The molecule has 6 nitrogen and oxygen atoms in total. The topological polar surface area (TPSA) is 72.5 Å². The van der Waals surface area contributed by atoms with E-state index in [2.05, 4.69) is 22.8 Å². The number of rotatable bonds is 6. The first-order valence-corrected chi connectivity index (χ1v) is 9.68. The number of hydrogen-bond acceptors (Lipinski definition) is 5. The number of amides is 1. The Morgan fingerprint density at radius 3 is 2.40 bits per heavy atom. The second-order valence-corrected chi connectivity index (χ2v) is 6.94. The number of hydrogen-bond donors (Lipinski definition) is 2. The molecule has 0 spiro atoms. The fraction of sp³-hybridized carbons (Fsp3) is 0.167. The number of carbonyl (C=O) groups excluding carboxylic acids is 1. The first-order valence-electron chi connectivity index (χ1n) is 9.68. The van der Waals surface area contributed by atoms with Crippen LogP contribution in [0.15, 0.2) is 66.7 Å². The third-order valence-electron chi connectivity index (χ3n) is 4.85. The summed E-state index contributed by atoms with van der Waals surface area (Å²) in [5.41, 5.74) is 5.80. The number of anilines is 2. The molecule has 1 aromatic heterocycles. The monoisotopic (exact) mass is 401 g/mol. The van der Waals surface area contributed by atoms with Gasteiger partial charge in [0.25, 0.3) is 0 Å². The number of nitrogens with one attached hydrogen (secondary N) is 2. The second-order valence-electron chi connectivity index (χ2n) is 6.94. The fourth-order valence-corrected chi connectivity index (χ4v) is 3.38. The average molecular weight is 401 g/mol. The van der Waals surface area contributed by atoms with Crippen molar-refractivity contribution in [2.75, 3.05) is 19.5 Å². The number of benzene rings is 3. The SMILES string of the molecule is CNC(=O)OCc1ccc(Nc2c3ccccc3nc3ccc(COC)cc23)cc1. The zero-order valence-electron chi connectivity index (χ0n) is 16.9. The number of fused-ring (bicyclic) bond motifs is 2. The molecule has 0 saturated carbocycles. The normalized spacial score (nSPS) is 10.9. The van der Waals surface area contributed by atoms with E-state index >= 15 is 0 Å². The molecule has 6 heteroatoms. The first-order chi connectivity index (χ1) is 14.7. The molecule has 2 N–H and O–H groups in total. The summed E-state index contributed by atoms with van der Waals surface area (Å²) in [7, 11) is 3.23. The Kier molecular flexibility index (Phi) is 5.77. The minimum Gasteiger partial charge on any atom is -0.445 e. The highest BCUT2D eigenvalue weighted by molar-refractivity contribution is 6.08. The molecule has 0 aliphatic carbocycles. The predicted octanol–water partition coefficient (Wildman–Crippen LogP) is 5.13. The van der Waals surface area contributed by atoms with E-state index in [9.17, 15) is 4.79 Å². The lowest BCUT2D eigenvalue weighted by molar-refractivity contribution is 0.142. The number of methoxy groups -OCH3 is 1. The van der Waals surface area contributed by atoms with Crippen LogP contribution < -0.4 is 10.6 Å². The highest BCUT2D eigenvalue weighted by Crippen LogP contribution is 2.33. The standard InChI is InChI=1S/C24H23N3O3/c1-25-24(28)30-15-16-7-10-18(11-8-16)26-23-19-5-3-4-6-21(19)27-22-12-9-17(14-29-2)13-20(22)23/h3-13H,14-15H2,1-2H3,(H,25,28)(H,26,27). The smallest absolute Gasteiger partial charge is 0.407 e. The third kappa shape index (κ3) is 4.18. The second kappa shape index (κ2) is 8.80. The lowest BCUT2D eigenvalue weighted by Crippen LogP contribution is -2.18. The highest BCUT2D eigenvalue weighted by atomic mass is 16.5. The fourth-order valence-electron chi connectivity index (χ4n) is 3.38. The molecule has 0 radical (unpaired) electrons. The van der Waals surface area contributed by atoms with Gasteiger partial charge >= 0.3 is 6.09 Å². The molecular formula is C24H23N3O3. The summed E-state index contributed by atoms with van der Waals surface area (Å²) in [6.07, 6.45) is -0.446. The average Bonchev–Trinajstić information content (AvgIpc) is 2.78. The molecule has 3 aromatic carbocycles. The van der Waals surface area contributed by atoms with E-state index in [1.165, 1.54) is 7.05 Å². The molecule has 0 fully saturated rings. The molecule has 152 valence electrons. The zero-order chi connectivity index (χ0) is 20.9. The van der Waals surface area contributed by atoms with Gasteiger partial charge < -0.3 is 20.1 Å². The highest BCUT2D eigenvalue weighted by Gasteiger charge is 2.10. The number of ether oxygens (including phenoxy) is 2. The van der Waals surface area contributed by atoms with Crippen molar-refractivity contribution in [1.29, 1.82) is 0 Å². The van der Waals surface area contributed by atoms with Crippen LogP contribution in [-0.2, 0) is 22.7 Å². The Bertz CT molecular complexity index is 1190. The van der Waals surface area contributed by atoms with E-state index in [1.807, 2.05) is 54.6 Å². The van der Waals surface area contributed by atoms with Crippen molar-refractivity contribution >= 4 is 39.3 Å². The van der Waals surface area contributed by atoms with Crippen LogP contribution in [0, 0.1) is 0 Å². The van der Waals surface area contributed by atoms with Gasteiger partial charge in [0.2, 0.25) is 0 Å². The molecule has 30 heavy (non-hydrogen) atoms. The van der Waals surface area contributed by atoms with Crippen LogP contribution in [-0.4, -0.2) is 25.2 Å². The van der Waals surface area contributed by atoms with Gasteiger partial charge in [0.15, 0.2) is 0 Å². The van der Waals surface area contributed by atoms with Gasteiger partial charge in [-0.2, -0.15) is 0 Å². The van der Waals surface area contributed by atoms with E-state index in [4.69, 9.17) is 14.5 Å². The molecule has 4 aromatic rings. The van der Waals surface area contributed by atoms with E-state index in [0.717, 1.165) is 44.3 Å². The van der Waals surface area contributed by atoms with Crippen molar-refractivity contribution < 1.29 is 14.3 Å². The van der Waals surface area contributed by atoms with Gasteiger partial charge in [-0.25, -0.2) is 9.78 Å². The number of carbonyl (C=O) groups is 1. The van der Waals surface area contributed by atoms with Crippen LogP contribution in [0.25, 0.3) is 21.8 Å². The van der Waals surface area contributed by atoms with Crippen LogP contribution >= 0.6 is 0 Å². The number of alkyl carbamates (subject to hydrolysis) is 1. The van der Waals surface area contributed by atoms with Crippen molar-refractivity contribution in [2.45, 2.75) is 13.2 Å². The summed E-state index contributed by atoms with van der Waals surface area (Å²) < 4.78 is 10.4. The summed E-state index contributed by atoms with van der Waals surface area (Å²) in [5, 5.41) is 8.09. The van der Waals surface area contributed by atoms with Gasteiger partial charge in [-0.15, -0.1) is 0 Å². The Balaban J connectivity index is 1.71. The van der Waals surface area contributed by atoms with Crippen molar-refractivity contribution in [2.24, 2.45) is 0 Å². The number of para-hydroxylation sites is 1. The summed E-state index contributed by atoms with van der Waals surface area (Å²) in [4.78, 5) is 16.1. The maximum atomic E-state index is 11.3. The molecule has 1 amide bonds. The van der Waals surface area contributed by atoms with E-state index in [1.54, 1.807) is 7.11 Å². The predicted molar refractivity (Wildman–Crippen MR) is 119 cm³/mol. The van der Waals surface area contributed by atoms with Crippen molar-refractivity contribution in [3.05, 3.63) is 77.9 Å². The Morgan fingerprint density at radius 2 is 1.63 bits per heavy atom. The minimum absolute atomic E-state index is 0.224. The largest absolute Gasteiger partial charge is 0.445 e. The molecule has 1 heterocycles. The van der Waals surface area contributed by atoms with Crippen LogP contribution in [0.5, 0.6) is 0 Å². The maximum absolute atomic E-state index is 11.3. The summed E-state index contributed by atoms with van der Waals surface area (Å²) in [5.74, 6) is 0. The molecule has 0 aliphatic rings. The maximum Gasteiger partial charge on any atom is 0.407 e. The lowest BCUT2D eigenvalue weighted by atomic mass is 10.0.